The van der Waals surface area contributed by atoms with Crippen LogP contribution in [0, 0.1) is 19.8 Å². The van der Waals surface area contributed by atoms with Crippen LogP contribution in [-0.4, -0.2) is 35.1 Å². The molecule has 1 N–H and O–H groups in total. The van der Waals surface area contributed by atoms with Crippen LogP contribution >= 0.6 is 22.7 Å². The number of rotatable bonds is 6. The smallest absolute Gasteiger partial charge is 0.307 e. The van der Waals surface area contributed by atoms with Gasteiger partial charge in [0.25, 0.3) is 0 Å². The highest BCUT2D eigenvalue weighted by Gasteiger charge is 2.35. The molecule has 0 spiro atoms. The maximum atomic E-state index is 11.5. The molecule has 0 amide bonds. The van der Waals surface area contributed by atoms with Crippen molar-refractivity contribution in [1.29, 1.82) is 0 Å². The van der Waals surface area contributed by atoms with E-state index in [1.165, 1.54) is 20.9 Å². The molecule has 0 aromatic carbocycles. The number of carboxylic acids is 1. The standard InChI is InChI=1S/C20H25NO2S2/c1-4-16(21-9-5-6-15(12-21)20(22)23)17(18-13(2)7-10-24-18)19-14(3)8-11-25-19/h4,7-8,10-11,15-17H,1,5-6,9,12H2,2-3H3,(H,22,23). The van der Waals surface area contributed by atoms with Crippen LogP contribution in [0.2, 0.25) is 0 Å². The first kappa shape index (κ1) is 18.4. The Morgan fingerprint density at radius 2 is 1.88 bits per heavy atom. The van der Waals surface area contributed by atoms with Gasteiger partial charge in [0.05, 0.1) is 5.92 Å². The molecular weight excluding hydrogens is 350 g/mol. The number of thiophene rings is 2. The second-order valence-corrected chi connectivity index (χ2v) is 8.71. The van der Waals surface area contributed by atoms with E-state index in [1.54, 1.807) is 22.7 Å². The molecule has 1 fully saturated rings. The van der Waals surface area contributed by atoms with Crippen LogP contribution in [-0.2, 0) is 4.79 Å². The number of carboxylic acid groups (broad SMARTS) is 1. The normalized spacial score (nSPS) is 19.9. The number of piperidine rings is 1. The summed E-state index contributed by atoms with van der Waals surface area (Å²) in [7, 11) is 0. The molecule has 5 heteroatoms. The van der Waals surface area contributed by atoms with Gasteiger partial charge in [-0.25, -0.2) is 0 Å². The monoisotopic (exact) mass is 375 g/mol. The van der Waals surface area contributed by atoms with Crippen molar-refractivity contribution in [2.24, 2.45) is 5.92 Å². The van der Waals surface area contributed by atoms with E-state index in [4.69, 9.17) is 0 Å². The van der Waals surface area contributed by atoms with Crippen molar-refractivity contribution in [3.05, 3.63) is 56.4 Å². The lowest BCUT2D eigenvalue weighted by molar-refractivity contribution is -0.143. The number of hydrogen-bond donors (Lipinski definition) is 1. The Hall–Kier alpha value is -1.43. The summed E-state index contributed by atoms with van der Waals surface area (Å²) in [6.07, 6.45) is 3.73. The van der Waals surface area contributed by atoms with Gasteiger partial charge in [-0.05, 0) is 67.3 Å². The van der Waals surface area contributed by atoms with Gasteiger partial charge in [-0.2, -0.15) is 0 Å². The van der Waals surface area contributed by atoms with Gasteiger partial charge in [0, 0.05) is 28.3 Å². The average Bonchev–Trinajstić information content (AvgIpc) is 3.21. The van der Waals surface area contributed by atoms with Crippen LogP contribution in [0.25, 0.3) is 0 Å². The molecular formula is C20H25NO2S2. The van der Waals surface area contributed by atoms with Gasteiger partial charge in [-0.15, -0.1) is 29.3 Å². The molecule has 3 heterocycles. The fraction of sp³-hybridized carbons (Fsp3) is 0.450. The minimum atomic E-state index is -0.677. The minimum Gasteiger partial charge on any atom is -0.481 e. The molecule has 2 aromatic heterocycles. The van der Waals surface area contributed by atoms with E-state index in [2.05, 4.69) is 48.2 Å². The van der Waals surface area contributed by atoms with Gasteiger partial charge in [-0.1, -0.05) is 6.08 Å². The van der Waals surface area contributed by atoms with E-state index in [0.717, 1.165) is 19.4 Å². The lowest BCUT2D eigenvalue weighted by atomic mass is 9.88. The van der Waals surface area contributed by atoms with Crippen LogP contribution in [0.5, 0.6) is 0 Å². The lowest BCUT2D eigenvalue weighted by Gasteiger charge is -2.39. The van der Waals surface area contributed by atoms with Crippen LogP contribution in [0.15, 0.2) is 35.5 Å². The summed E-state index contributed by atoms with van der Waals surface area (Å²) < 4.78 is 0. The average molecular weight is 376 g/mol. The van der Waals surface area contributed by atoms with Gasteiger partial charge in [0.15, 0.2) is 0 Å². The molecule has 2 atom stereocenters. The molecule has 0 radical (unpaired) electrons. The summed E-state index contributed by atoms with van der Waals surface area (Å²) in [4.78, 5) is 16.6. The number of carbonyl (C=O) groups is 1. The van der Waals surface area contributed by atoms with Crippen LogP contribution in [0.1, 0.15) is 39.6 Å². The maximum absolute atomic E-state index is 11.5. The first-order valence-corrected chi connectivity index (χ1v) is 10.5. The summed E-state index contributed by atoms with van der Waals surface area (Å²) in [6, 6.07) is 4.47. The van der Waals surface area contributed by atoms with Crippen molar-refractivity contribution in [1.82, 2.24) is 4.90 Å². The number of likely N-dealkylation sites (tertiary alicyclic amines) is 1. The quantitative estimate of drug-likeness (QED) is 0.729. The van der Waals surface area contributed by atoms with Gasteiger partial charge in [-0.3, -0.25) is 9.69 Å². The Morgan fingerprint density at radius 3 is 2.32 bits per heavy atom. The second-order valence-electron chi connectivity index (χ2n) is 6.81. The molecule has 1 aliphatic heterocycles. The summed E-state index contributed by atoms with van der Waals surface area (Å²) in [5.41, 5.74) is 2.61. The van der Waals surface area contributed by atoms with Crippen LogP contribution in [0.4, 0.5) is 0 Å². The fourth-order valence-electron chi connectivity index (χ4n) is 3.81. The minimum absolute atomic E-state index is 0.122. The van der Waals surface area contributed by atoms with E-state index in [-0.39, 0.29) is 17.9 Å². The zero-order chi connectivity index (χ0) is 18.0. The zero-order valence-electron chi connectivity index (χ0n) is 14.8. The maximum Gasteiger partial charge on any atom is 0.307 e. The Labute approximate surface area is 157 Å². The summed E-state index contributed by atoms with van der Waals surface area (Å²) in [5.74, 6) is -0.723. The van der Waals surface area contributed by atoms with Crippen molar-refractivity contribution in [2.45, 2.75) is 38.6 Å². The number of nitrogens with zero attached hydrogens (tertiary/aromatic N) is 1. The Kier molecular flexibility index (Phi) is 5.77. The third-order valence-corrected chi connectivity index (χ3v) is 7.38. The van der Waals surface area contributed by atoms with Gasteiger partial charge in [0.1, 0.15) is 0 Å². The highest BCUT2D eigenvalue weighted by atomic mass is 32.1. The summed E-state index contributed by atoms with van der Waals surface area (Å²) in [6.45, 7) is 10.0. The van der Waals surface area contributed by atoms with E-state index in [1.807, 2.05) is 6.08 Å². The molecule has 2 aromatic rings. The van der Waals surface area contributed by atoms with Crippen molar-refractivity contribution < 1.29 is 9.90 Å². The molecule has 3 rings (SSSR count). The van der Waals surface area contributed by atoms with E-state index >= 15 is 0 Å². The van der Waals surface area contributed by atoms with Crippen LogP contribution < -0.4 is 0 Å². The highest BCUT2D eigenvalue weighted by molar-refractivity contribution is 7.11. The number of aliphatic carboxylic acids is 1. The topological polar surface area (TPSA) is 40.5 Å². The Morgan fingerprint density at radius 1 is 1.28 bits per heavy atom. The predicted molar refractivity (Wildman–Crippen MR) is 106 cm³/mol. The third kappa shape index (κ3) is 3.73. The predicted octanol–water partition coefficient (Wildman–Crippen LogP) is 4.91. The first-order valence-electron chi connectivity index (χ1n) is 8.70. The molecule has 0 saturated carbocycles. The molecule has 25 heavy (non-hydrogen) atoms. The van der Waals surface area contributed by atoms with Crippen molar-refractivity contribution in [2.75, 3.05) is 13.1 Å². The zero-order valence-corrected chi connectivity index (χ0v) is 16.4. The Balaban J connectivity index is 1.99. The van der Waals surface area contributed by atoms with Gasteiger partial charge >= 0.3 is 5.97 Å². The third-order valence-electron chi connectivity index (χ3n) is 5.18. The van der Waals surface area contributed by atoms with E-state index in [9.17, 15) is 9.90 Å². The van der Waals surface area contributed by atoms with Gasteiger partial charge < -0.3 is 5.11 Å². The molecule has 2 unspecified atom stereocenters. The van der Waals surface area contributed by atoms with E-state index in [0.29, 0.717) is 6.54 Å². The van der Waals surface area contributed by atoms with Crippen molar-refractivity contribution in [3.63, 3.8) is 0 Å². The van der Waals surface area contributed by atoms with Crippen molar-refractivity contribution in [3.8, 4) is 0 Å². The summed E-state index contributed by atoms with van der Waals surface area (Å²) >= 11 is 3.59. The Bertz CT molecular complexity index is 708. The molecule has 134 valence electrons. The number of aryl methyl sites for hydroxylation is 2. The lowest BCUT2D eigenvalue weighted by Crippen LogP contribution is -2.46. The molecule has 0 aliphatic carbocycles. The highest BCUT2D eigenvalue weighted by Crippen LogP contribution is 2.41. The first-order chi connectivity index (χ1) is 12.0. The van der Waals surface area contributed by atoms with Crippen LogP contribution in [0.3, 0.4) is 0 Å². The number of hydrogen-bond acceptors (Lipinski definition) is 4. The van der Waals surface area contributed by atoms with Gasteiger partial charge in [0.2, 0.25) is 0 Å². The fourth-order valence-corrected chi connectivity index (χ4v) is 6.04. The molecule has 1 saturated heterocycles. The van der Waals surface area contributed by atoms with Crippen molar-refractivity contribution >= 4 is 28.6 Å². The summed E-state index contributed by atoms with van der Waals surface area (Å²) in [5, 5.41) is 13.8. The SMILES string of the molecule is C=CC(C(c1sccc1C)c1sccc1C)N1CCCC(C(=O)O)C1. The largest absolute Gasteiger partial charge is 0.481 e. The molecule has 0 bridgehead atoms. The molecule has 1 aliphatic rings. The molecule has 3 nitrogen and oxygen atoms in total. The second kappa shape index (κ2) is 7.85. The van der Waals surface area contributed by atoms with E-state index < -0.39 is 5.97 Å².